The van der Waals surface area contributed by atoms with E-state index < -0.39 is 29.2 Å². The molecule has 0 radical (unpaired) electrons. The zero-order valence-electron chi connectivity index (χ0n) is 14.4. The van der Waals surface area contributed by atoms with Crippen molar-refractivity contribution in [2.24, 2.45) is 17.3 Å². The fourth-order valence-corrected chi connectivity index (χ4v) is 4.01. The highest BCUT2D eigenvalue weighted by molar-refractivity contribution is 5.91. The monoisotopic (exact) mass is 363 g/mol. The third-order valence-electron chi connectivity index (χ3n) is 5.67. The van der Waals surface area contributed by atoms with Gasteiger partial charge in [-0.05, 0) is 12.3 Å². The molecule has 4 rings (SSSR count). The number of hydrogen-bond acceptors (Lipinski definition) is 7. The molecule has 2 saturated carbocycles. The lowest BCUT2D eigenvalue weighted by Crippen LogP contribution is -2.35. The Morgan fingerprint density at radius 3 is 2.85 bits per heavy atom. The quantitative estimate of drug-likeness (QED) is 0.466. The maximum absolute atomic E-state index is 12.3. The number of nitrogens with zero attached hydrogens (tertiary/aromatic N) is 3. The number of H-pyrrole nitrogens is 1. The summed E-state index contributed by atoms with van der Waals surface area (Å²) in [5.41, 5.74) is -0.928. The molecule has 2 fully saturated rings. The van der Waals surface area contributed by atoms with Gasteiger partial charge in [-0.2, -0.15) is 4.98 Å². The number of hydrogen-bond donors (Lipinski definition) is 5. The van der Waals surface area contributed by atoms with Crippen LogP contribution in [0.15, 0.2) is 11.1 Å². The summed E-state index contributed by atoms with van der Waals surface area (Å²) in [5.74, 6) is -0.717. The van der Waals surface area contributed by atoms with E-state index in [9.17, 15) is 24.9 Å². The van der Waals surface area contributed by atoms with Crippen molar-refractivity contribution in [1.29, 1.82) is 0 Å². The highest BCUT2D eigenvalue weighted by Crippen LogP contribution is 2.67. The van der Waals surface area contributed by atoms with Crippen LogP contribution in [0.5, 0.6) is 0 Å². The molecule has 0 spiro atoms. The van der Waals surface area contributed by atoms with Gasteiger partial charge in [0.05, 0.1) is 25.1 Å². The lowest BCUT2D eigenvalue weighted by atomic mass is 10.0. The predicted octanol–water partition coefficient (Wildman–Crippen LogP) is -1.01. The zero-order valence-corrected chi connectivity index (χ0v) is 14.4. The van der Waals surface area contributed by atoms with Gasteiger partial charge in [0, 0.05) is 11.3 Å². The maximum atomic E-state index is 12.3. The van der Waals surface area contributed by atoms with Crippen LogP contribution in [-0.2, 0) is 4.79 Å². The van der Waals surface area contributed by atoms with E-state index in [0.29, 0.717) is 6.42 Å². The van der Waals surface area contributed by atoms with Crippen LogP contribution in [0.25, 0.3) is 11.2 Å². The summed E-state index contributed by atoms with van der Waals surface area (Å²) in [6.45, 7) is 3.21. The van der Waals surface area contributed by atoms with Gasteiger partial charge in [0.2, 0.25) is 11.9 Å². The Bertz CT molecular complexity index is 937. The van der Waals surface area contributed by atoms with Gasteiger partial charge in [-0.15, -0.1) is 0 Å². The number of imidazole rings is 1. The molecule has 10 heteroatoms. The van der Waals surface area contributed by atoms with Crippen LogP contribution in [-0.4, -0.2) is 59.6 Å². The van der Waals surface area contributed by atoms with E-state index in [1.165, 1.54) is 6.33 Å². The fourth-order valence-electron chi connectivity index (χ4n) is 4.01. The van der Waals surface area contributed by atoms with E-state index in [0.717, 1.165) is 0 Å². The topological polar surface area (TPSA) is 153 Å². The molecule has 0 aromatic carbocycles. The Labute approximate surface area is 147 Å². The van der Waals surface area contributed by atoms with Gasteiger partial charge in [0.1, 0.15) is 6.10 Å². The first kappa shape index (κ1) is 17.1. The molecule has 0 bridgehead atoms. The smallest absolute Gasteiger partial charge is 0.280 e. The van der Waals surface area contributed by atoms with Crippen LogP contribution >= 0.6 is 0 Å². The van der Waals surface area contributed by atoms with Crippen LogP contribution in [0, 0.1) is 17.3 Å². The second kappa shape index (κ2) is 5.60. The second-order valence-corrected chi connectivity index (χ2v) is 7.51. The molecule has 5 N–H and O–H groups in total. The molecular formula is C16H21N5O5. The highest BCUT2D eigenvalue weighted by atomic mass is 16.3. The Hall–Kier alpha value is -2.30. The minimum absolute atomic E-state index is 0.000189. The Kier molecular flexibility index (Phi) is 3.69. The standard InChI is InChI=1S/C16H21N5O5/c1-6(2)13(25)19-15-18-12-8(14(26)20-15)17-5-21(12)9-7-3-16(7,4-22)11(24)10(9)23/h5-7,9-11,22-24H,3-4H2,1-2H3,(H2,18,19,20,25,26)/t7-,9-,10+,11+,16-/m1/s1. The summed E-state index contributed by atoms with van der Waals surface area (Å²) in [5, 5.41) is 32.9. The Morgan fingerprint density at radius 2 is 2.23 bits per heavy atom. The van der Waals surface area contributed by atoms with E-state index in [-0.39, 0.29) is 41.5 Å². The van der Waals surface area contributed by atoms with Gasteiger partial charge in [0.25, 0.3) is 5.56 Å². The molecule has 2 aromatic rings. The number of nitrogens with one attached hydrogen (secondary N) is 2. The molecule has 140 valence electrons. The number of rotatable bonds is 4. The third kappa shape index (κ3) is 2.22. The summed E-state index contributed by atoms with van der Waals surface area (Å²) in [4.78, 5) is 35.0. The first-order valence-corrected chi connectivity index (χ1v) is 8.55. The number of fused-ring (bicyclic) bond motifs is 2. The van der Waals surface area contributed by atoms with Crippen molar-refractivity contribution in [2.45, 2.75) is 38.5 Å². The predicted molar refractivity (Wildman–Crippen MR) is 90.3 cm³/mol. The van der Waals surface area contributed by atoms with Gasteiger partial charge in [-0.1, -0.05) is 13.8 Å². The number of aromatic amines is 1. The van der Waals surface area contributed by atoms with Gasteiger partial charge in [0.15, 0.2) is 11.2 Å². The number of aromatic nitrogens is 4. The summed E-state index contributed by atoms with van der Waals surface area (Å²) < 4.78 is 1.55. The molecule has 2 aliphatic carbocycles. The van der Waals surface area contributed by atoms with Crippen molar-refractivity contribution in [3.8, 4) is 0 Å². The number of aliphatic hydroxyl groups is 3. The average Bonchev–Trinajstić information content (AvgIpc) is 3.11. The van der Waals surface area contributed by atoms with Crippen LogP contribution in [0.1, 0.15) is 26.3 Å². The van der Waals surface area contributed by atoms with Crippen LogP contribution in [0.2, 0.25) is 0 Å². The van der Waals surface area contributed by atoms with Gasteiger partial charge < -0.3 is 19.9 Å². The highest BCUT2D eigenvalue weighted by Gasteiger charge is 2.71. The van der Waals surface area contributed by atoms with E-state index in [2.05, 4.69) is 20.3 Å². The summed E-state index contributed by atoms with van der Waals surface area (Å²) >= 11 is 0. The molecule has 2 aromatic heterocycles. The van der Waals surface area contributed by atoms with Crippen molar-refractivity contribution in [3.63, 3.8) is 0 Å². The third-order valence-corrected chi connectivity index (χ3v) is 5.67. The molecule has 1 amide bonds. The molecule has 2 aliphatic rings. The lowest BCUT2D eigenvalue weighted by Gasteiger charge is -2.23. The molecular weight excluding hydrogens is 342 g/mol. The number of carbonyl (C=O) groups is 1. The first-order chi connectivity index (χ1) is 12.3. The van der Waals surface area contributed by atoms with Crippen LogP contribution < -0.4 is 10.9 Å². The number of anilines is 1. The lowest BCUT2D eigenvalue weighted by molar-refractivity contribution is -0.118. The summed E-state index contributed by atoms with van der Waals surface area (Å²) in [7, 11) is 0. The molecule has 0 unspecified atom stereocenters. The van der Waals surface area contributed by atoms with Crippen molar-refractivity contribution < 1.29 is 20.1 Å². The normalized spacial score (nSPS) is 32.8. The van der Waals surface area contributed by atoms with E-state index in [1.54, 1.807) is 18.4 Å². The van der Waals surface area contributed by atoms with E-state index >= 15 is 0 Å². The average molecular weight is 363 g/mol. The molecule has 0 saturated heterocycles. The molecule has 26 heavy (non-hydrogen) atoms. The van der Waals surface area contributed by atoms with Crippen molar-refractivity contribution in [3.05, 3.63) is 16.7 Å². The minimum Gasteiger partial charge on any atom is -0.396 e. The number of aliphatic hydroxyl groups excluding tert-OH is 3. The summed E-state index contributed by atoms with van der Waals surface area (Å²) in [6.07, 6.45) is -0.186. The number of amides is 1. The zero-order chi connectivity index (χ0) is 18.8. The molecule has 10 nitrogen and oxygen atoms in total. The van der Waals surface area contributed by atoms with Gasteiger partial charge in [-0.25, -0.2) is 4.98 Å². The van der Waals surface area contributed by atoms with Crippen LogP contribution in [0.4, 0.5) is 5.95 Å². The Morgan fingerprint density at radius 1 is 1.50 bits per heavy atom. The maximum Gasteiger partial charge on any atom is 0.280 e. The molecule has 2 heterocycles. The fraction of sp³-hybridized carbons (Fsp3) is 0.625. The van der Waals surface area contributed by atoms with Crippen molar-refractivity contribution in [1.82, 2.24) is 19.5 Å². The molecule has 5 atom stereocenters. The number of carbonyl (C=O) groups excluding carboxylic acids is 1. The largest absolute Gasteiger partial charge is 0.396 e. The summed E-state index contributed by atoms with van der Waals surface area (Å²) in [6, 6.07) is -0.551. The minimum atomic E-state index is -1.10. The van der Waals surface area contributed by atoms with Gasteiger partial charge in [-0.3, -0.25) is 19.9 Å². The van der Waals surface area contributed by atoms with Crippen LogP contribution in [0.3, 0.4) is 0 Å². The van der Waals surface area contributed by atoms with E-state index in [1.807, 2.05) is 0 Å². The second-order valence-electron chi connectivity index (χ2n) is 7.51. The van der Waals surface area contributed by atoms with Crippen molar-refractivity contribution >= 4 is 23.0 Å². The van der Waals surface area contributed by atoms with Crippen molar-refractivity contribution in [2.75, 3.05) is 11.9 Å². The first-order valence-electron chi connectivity index (χ1n) is 8.55. The van der Waals surface area contributed by atoms with E-state index in [4.69, 9.17) is 0 Å². The SMILES string of the molecule is CC(C)C(=O)Nc1nc2c(ncn2[C@H]2[C@H](O)[C@H](O)[C@@]3(CO)C[C@H]23)c(=O)[nH]1. The van der Waals surface area contributed by atoms with Gasteiger partial charge >= 0.3 is 0 Å². The molecule has 0 aliphatic heterocycles. The Balaban J connectivity index is 1.76.